The van der Waals surface area contributed by atoms with Crippen LogP contribution in [0.5, 0.6) is 0 Å². The van der Waals surface area contributed by atoms with Crippen molar-refractivity contribution < 1.29 is 13.2 Å². The zero-order valence-electron chi connectivity index (χ0n) is 14.3. The van der Waals surface area contributed by atoms with Crippen molar-refractivity contribution in [2.45, 2.75) is 26.9 Å². The average molecular weight is 341 g/mol. The number of aryl methyl sites for hydroxylation is 3. The molecule has 2 aromatic carbocycles. The van der Waals surface area contributed by atoms with Crippen LogP contribution in [-0.2, 0) is 6.18 Å². The van der Waals surface area contributed by atoms with Crippen LogP contribution in [0.2, 0.25) is 0 Å². The molecule has 0 aliphatic rings. The molecular formula is C21H18F3N. The van der Waals surface area contributed by atoms with E-state index in [9.17, 15) is 13.2 Å². The molecule has 3 rings (SSSR count). The Kier molecular flexibility index (Phi) is 4.38. The fourth-order valence-corrected chi connectivity index (χ4v) is 2.98. The molecule has 0 saturated carbocycles. The predicted octanol–water partition coefficient (Wildman–Crippen LogP) is 6.36. The van der Waals surface area contributed by atoms with Gasteiger partial charge in [-0.15, -0.1) is 0 Å². The number of aromatic nitrogens is 1. The molecule has 0 spiro atoms. The second kappa shape index (κ2) is 6.36. The van der Waals surface area contributed by atoms with Crippen molar-refractivity contribution >= 4 is 0 Å². The number of hydrogen-bond donors (Lipinski definition) is 0. The lowest BCUT2D eigenvalue weighted by Gasteiger charge is -2.15. The molecule has 1 aromatic heterocycles. The van der Waals surface area contributed by atoms with Gasteiger partial charge < -0.3 is 0 Å². The van der Waals surface area contributed by atoms with Gasteiger partial charge in [0.1, 0.15) is 0 Å². The van der Waals surface area contributed by atoms with E-state index in [2.05, 4.69) is 4.98 Å². The topological polar surface area (TPSA) is 12.9 Å². The number of halogens is 3. The van der Waals surface area contributed by atoms with Crippen LogP contribution in [0, 0.1) is 20.8 Å². The standard InChI is InChI=1S/C21H18F3N/c1-13-5-4-6-16(10-13)19-8-7-18(21(22,23)24)20(25-19)17-11-14(2)9-15(3)12-17/h4-12H,1-3H3. The lowest BCUT2D eigenvalue weighted by atomic mass is 9.99. The molecule has 0 atom stereocenters. The van der Waals surface area contributed by atoms with Crippen LogP contribution >= 0.6 is 0 Å². The van der Waals surface area contributed by atoms with Crippen LogP contribution in [0.3, 0.4) is 0 Å². The molecule has 0 radical (unpaired) electrons. The Morgan fingerprint density at radius 2 is 1.36 bits per heavy atom. The lowest BCUT2D eigenvalue weighted by molar-refractivity contribution is -0.137. The molecule has 4 heteroatoms. The maximum atomic E-state index is 13.5. The van der Waals surface area contributed by atoms with Crippen LogP contribution in [0.1, 0.15) is 22.3 Å². The minimum absolute atomic E-state index is 0.0293. The SMILES string of the molecule is Cc1cccc(-c2ccc(C(F)(F)F)c(-c3cc(C)cc(C)c3)n2)c1. The summed E-state index contributed by atoms with van der Waals surface area (Å²) in [7, 11) is 0. The van der Waals surface area contributed by atoms with Crippen molar-refractivity contribution in [2.75, 3.05) is 0 Å². The molecule has 0 bridgehead atoms. The Hall–Kier alpha value is -2.62. The van der Waals surface area contributed by atoms with E-state index in [0.29, 0.717) is 11.3 Å². The Bertz CT molecular complexity index is 906. The van der Waals surface area contributed by atoms with Gasteiger partial charge in [0.05, 0.1) is 17.0 Å². The maximum absolute atomic E-state index is 13.5. The largest absolute Gasteiger partial charge is 0.418 e. The number of benzene rings is 2. The lowest BCUT2D eigenvalue weighted by Crippen LogP contribution is -2.09. The molecule has 0 N–H and O–H groups in total. The number of alkyl halides is 3. The monoisotopic (exact) mass is 341 g/mol. The number of rotatable bonds is 2. The second-order valence-corrected chi connectivity index (χ2v) is 6.34. The highest BCUT2D eigenvalue weighted by molar-refractivity contribution is 5.70. The van der Waals surface area contributed by atoms with Crippen molar-refractivity contribution in [1.82, 2.24) is 4.98 Å². The molecule has 3 aromatic rings. The molecule has 1 nitrogen and oxygen atoms in total. The quantitative estimate of drug-likeness (QED) is 0.528. The summed E-state index contributed by atoms with van der Waals surface area (Å²) >= 11 is 0. The third-order valence-electron chi connectivity index (χ3n) is 4.01. The summed E-state index contributed by atoms with van der Waals surface area (Å²) in [4.78, 5) is 4.38. The third-order valence-corrected chi connectivity index (χ3v) is 4.01. The number of hydrogen-bond acceptors (Lipinski definition) is 1. The first-order valence-corrected chi connectivity index (χ1v) is 7.98. The van der Waals surface area contributed by atoms with Gasteiger partial charge in [-0.3, -0.25) is 0 Å². The van der Waals surface area contributed by atoms with Crippen molar-refractivity contribution in [3.05, 3.63) is 76.9 Å². The zero-order chi connectivity index (χ0) is 18.2. The number of nitrogens with zero attached hydrogens (tertiary/aromatic N) is 1. The fraction of sp³-hybridized carbons (Fsp3) is 0.190. The van der Waals surface area contributed by atoms with Crippen LogP contribution in [0.25, 0.3) is 22.5 Å². The van der Waals surface area contributed by atoms with Crippen molar-refractivity contribution in [1.29, 1.82) is 0 Å². The highest BCUT2D eigenvalue weighted by atomic mass is 19.4. The summed E-state index contributed by atoms with van der Waals surface area (Å²) in [6.45, 7) is 5.68. The molecular weight excluding hydrogens is 323 g/mol. The van der Waals surface area contributed by atoms with Gasteiger partial charge in [0.2, 0.25) is 0 Å². The van der Waals surface area contributed by atoms with Gasteiger partial charge >= 0.3 is 6.18 Å². The molecule has 25 heavy (non-hydrogen) atoms. The summed E-state index contributed by atoms with van der Waals surface area (Å²) in [5.74, 6) is 0. The second-order valence-electron chi connectivity index (χ2n) is 6.34. The van der Waals surface area contributed by atoms with Crippen molar-refractivity contribution in [3.63, 3.8) is 0 Å². The molecule has 0 saturated heterocycles. The molecule has 0 aliphatic carbocycles. The minimum Gasteiger partial charge on any atom is -0.247 e. The minimum atomic E-state index is -4.45. The van der Waals surface area contributed by atoms with E-state index in [1.54, 1.807) is 12.1 Å². The van der Waals surface area contributed by atoms with Crippen LogP contribution < -0.4 is 0 Å². The summed E-state index contributed by atoms with van der Waals surface area (Å²) in [5, 5.41) is 0. The normalized spacial score (nSPS) is 11.6. The summed E-state index contributed by atoms with van der Waals surface area (Å²) < 4.78 is 40.5. The van der Waals surface area contributed by atoms with Crippen LogP contribution in [0.4, 0.5) is 13.2 Å². The highest BCUT2D eigenvalue weighted by Gasteiger charge is 2.34. The Morgan fingerprint density at radius 1 is 0.720 bits per heavy atom. The zero-order valence-corrected chi connectivity index (χ0v) is 14.3. The van der Waals surface area contributed by atoms with Gasteiger partial charge in [0.15, 0.2) is 0 Å². The predicted molar refractivity (Wildman–Crippen MR) is 94.3 cm³/mol. The Balaban J connectivity index is 2.24. The van der Waals surface area contributed by atoms with E-state index in [1.165, 1.54) is 6.07 Å². The van der Waals surface area contributed by atoms with Gasteiger partial charge in [-0.1, -0.05) is 41.0 Å². The first-order chi connectivity index (χ1) is 11.7. The molecule has 128 valence electrons. The van der Waals surface area contributed by atoms with E-state index in [-0.39, 0.29) is 5.69 Å². The van der Waals surface area contributed by atoms with E-state index in [4.69, 9.17) is 0 Å². The summed E-state index contributed by atoms with van der Waals surface area (Å²) in [5.41, 5.74) is 3.93. The van der Waals surface area contributed by atoms with Gasteiger partial charge in [0, 0.05) is 11.1 Å². The Labute approximate surface area is 145 Å². The van der Waals surface area contributed by atoms with Gasteiger partial charge in [-0.2, -0.15) is 13.2 Å². The van der Waals surface area contributed by atoms with Crippen LogP contribution in [-0.4, -0.2) is 4.98 Å². The average Bonchev–Trinajstić information content (AvgIpc) is 2.52. The van der Waals surface area contributed by atoms with Gasteiger partial charge in [0.25, 0.3) is 0 Å². The summed E-state index contributed by atoms with van der Waals surface area (Å²) in [6, 6.07) is 15.6. The van der Waals surface area contributed by atoms with E-state index in [0.717, 1.165) is 28.3 Å². The molecule has 0 fully saturated rings. The smallest absolute Gasteiger partial charge is 0.247 e. The molecule has 0 aliphatic heterocycles. The molecule has 0 amide bonds. The first-order valence-electron chi connectivity index (χ1n) is 7.98. The van der Waals surface area contributed by atoms with Crippen molar-refractivity contribution in [2.24, 2.45) is 0 Å². The number of pyridine rings is 1. The Morgan fingerprint density at radius 3 is 1.96 bits per heavy atom. The maximum Gasteiger partial charge on any atom is 0.418 e. The van der Waals surface area contributed by atoms with E-state index < -0.39 is 11.7 Å². The first kappa shape index (κ1) is 17.2. The fourth-order valence-electron chi connectivity index (χ4n) is 2.98. The van der Waals surface area contributed by atoms with E-state index >= 15 is 0 Å². The van der Waals surface area contributed by atoms with E-state index in [1.807, 2.05) is 51.1 Å². The van der Waals surface area contributed by atoms with Gasteiger partial charge in [-0.05, 0) is 51.1 Å². The molecule has 0 unspecified atom stereocenters. The highest BCUT2D eigenvalue weighted by Crippen LogP contribution is 2.38. The van der Waals surface area contributed by atoms with Crippen LogP contribution in [0.15, 0.2) is 54.6 Å². The molecule has 1 heterocycles. The van der Waals surface area contributed by atoms with Gasteiger partial charge in [-0.25, -0.2) is 4.98 Å². The summed E-state index contributed by atoms with van der Waals surface area (Å²) in [6.07, 6.45) is -4.45. The van der Waals surface area contributed by atoms with Crippen molar-refractivity contribution in [3.8, 4) is 22.5 Å². The third kappa shape index (κ3) is 3.73.